The summed E-state index contributed by atoms with van der Waals surface area (Å²) >= 11 is 0. The van der Waals surface area contributed by atoms with Gasteiger partial charge in [0.15, 0.2) is 0 Å². The van der Waals surface area contributed by atoms with Crippen LogP contribution in [0, 0.1) is 0 Å². The summed E-state index contributed by atoms with van der Waals surface area (Å²) in [7, 11) is 0.706. The van der Waals surface area contributed by atoms with Crippen molar-refractivity contribution in [3.05, 3.63) is 131 Å². The molecule has 11 nitrogen and oxygen atoms in total. The van der Waals surface area contributed by atoms with Crippen LogP contribution in [0.4, 0.5) is 5.82 Å². The highest BCUT2D eigenvalue weighted by Crippen LogP contribution is 2.44. The Bertz CT molecular complexity index is 1600. The minimum absolute atomic E-state index is 0.0180. The molecule has 1 fully saturated rings. The molecule has 1 aromatic heterocycles. The smallest absolute Gasteiger partial charge is 0.497 e. The molecule has 1 unspecified atom stereocenters. The molecular weight excluding hydrogens is 597 g/mol. The Morgan fingerprint density at radius 3 is 2.13 bits per heavy atom. The Balaban J connectivity index is 1.55. The third-order valence-electron chi connectivity index (χ3n) is 7.50. The number of nitrogens with zero attached hydrogens (tertiary/aromatic N) is 2. The zero-order valence-electron chi connectivity index (χ0n) is 25.0. The molecule has 5 rings (SSSR count). The first kappa shape index (κ1) is 32.0. The number of hydrogen-bond donors (Lipinski definition) is 1. The first-order valence-corrected chi connectivity index (χ1v) is 15.3. The summed E-state index contributed by atoms with van der Waals surface area (Å²) in [5.74, 6) is 1.47. The molecule has 0 radical (unpaired) electrons. The summed E-state index contributed by atoms with van der Waals surface area (Å²) in [4.78, 5) is 16.5. The maximum absolute atomic E-state index is 12.7. The van der Waals surface area contributed by atoms with Gasteiger partial charge >= 0.3 is 13.9 Å². The number of anilines is 1. The highest BCUT2D eigenvalue weighted by molar-refractivity contribution is 7.33. The molecule has 4 atom stereocenters. The van der Waals surface area contributed by atoms with Gasteiger partial charge in [0.2, 0.25) is 0 Å². The van der Waals surface area contributed by atoms with Gasteiger partial charge in [0.05, 0.1) is 20.8 Å². The number of ether oxygens (including phenoxy) is 4. The van der Waals surface area contributed by atoms with Crippen LogP contribution in [0.3, 0.4) is 0 Å². The van der Waals surface area contributed by atoms with Crippen molar-refractivity contribution in [1.29, 1.82) is 0 Å². The van der Waals surface area contributed by atoms with E-state index >= 15 is 0 Å². The van der Waals surface area contributed by atoms with E-state index in [1.54, 1.807) is 14.2 Å². The molecule has 2 heterocycles. The van der Waals surface area contributed by atoms with Crippen molar-refractivity contribution < 1.29 is 32.6 Å². The number of rotatable bonds is 14. The maximum Gasteiger partial charge on any atom is 0.698 e. The number of hydrogen-bond acceptors (Lipinski definition) is 10. The van der Waals surface area contributed by atoms with Crippen molar-refractivity contribution >= 4 is 14.1 Å². The highest BCUT2D eigenvalue weighted by atomic mass is 31.1. The Morgan fingerprint density at radius 1 is 0.978 bits per heavy atom. The Hall–Kier alpha value is -4.38. The van der Waals surface area contributed by atoms with E-state index < -0.39 is 38.0 Å². The number of nitrogens with two attached hydrogens (primary N) is 1. The first-order valence-electron chi connectivity index (χ1n) is 14.2. The number of benzene rings is 3. The Kier molecular flexibility index (Phi) is 10.4. The van der Waals surface area contributed by atoms with Crippen LogP contribution < -0.4 is 20.9 Å². The number of nitrogen functional groups attached to an aromatic ring is 1. The van der Waals surface area contributed by atoms with Crippen molar-refractivity contribution in [2.75, 3.05) is 33.2 Å². The fourth-order valence-corrected chi connectivity index (χ4v) is 6.04. The van der Waals surface area contributed by atoms with Crippen LogP contribution in [-0.4, -0.2) is 49.2 Å². The Morgan fingerprint density at radius 2 is 1.58 bits per heavy atom. The molecule has 0 spiro atoms. The van der Waals surface area contributed by atoms with E-state index in [-0.39, 0.29) is 25.5 Å². The second-order valence-corrected chi connectivity index (χ2v) is 11.1. The van der Waals surface area contributed by atoms with Crippen LogP contribution in [-0.2, 0) is 28.7 Å². The lowest BCUT2D eigenvalue weighted by Crippen LogP contribution is -2.38. The summed E-state index contributed by atoms with van der Waals surface area (Å²) in [5.41, 5.74) is 6.49. The van der Waals surface area contributed by atoms with Gasteiger partial charge in [0.1, 0.15) is 48.0 Å². The highest BCUT2D eigenvalue weighted by Gasteiger charge is 2.46. The molecule has 12 heteroatoms. The van der Waals surface area contributed by atoms with Crippen LogP contribution in [0.15, 0.2) is 109 Å². The van der Waals surface area contributed by atoms with Gasteiger partial charge in [-0.2, -0.15) is 4.98 Å². The summed E-state index contributed by atoms with van der Waals surface area (Å²) < 4.78 is 49.3. The lowest BCUT2D eigenvalue weighted by atomic mass is 9.80. The zero-order valence-corrected chi connectivity index (χ0v) is 25.9. The second kappa shape index (κ2) is 14.6. The zero-order chi connectivity index (χ0) is 31.8. The van der Waals surface area contributed by atoms with Gasteiger partial charge in [-0.05, 0) is 47.0 Å². The van der Waals surface area contributed by atoms with Crippen LogP contribution in [0.2, 0.25) is 0 Å². The predicted molar refractivity (Wildman–Crippen MR) is 168 cm³/mol. The fourth-order valence-electron chi connectivity index (χ4n) is 5.31. The predicted octanol–water partition coefficient (Wildman–Crippen LogP) is 5.38. The minimum atomic E-state index is -2.51. The number of methoxy groups -OCH3 is 2. The largest absolute Gasteiger partial charge is 0.698 e. The van der Waals surface area contributed by atoms with E-state index in [9.17, 15) is 9.36 Å². The molecule has 0 aliphatic carbocycles. The van der Waals surface area contributed by atoms with Gasteiger partial charge in [-0.1, -0.05) is 60.7 Å². The molecule has 1 aliphatic heterocycles. The van der Waals surface area contributed by atoms with E-state index in [1.165, 1.54) is 22.9 Å². The summed E-state index contributed by atoms with van der Waals surface area (Å²) in [5, 5.41) is 0. The molecule has 0 saturated carbocycles. The van der Waals surface area contributed by atoms with Crippen LogP contribution >= 0.6 is 8.25 Å². The number of aromatic nitrogens is 2. The quantitative estimate of drug-likeness (QED) is 0.110. The van der Waals surface area contributed by atoms with Gasteiger partial charge in [0.25, 0.3) is 0 Å². The molecule has 0 bridgehead atoms. The molecule has 3 aromatic carbocycles. The van der Waals surface area contributed by atoms with Crippen LogP contribution in [0.5, 0.6) is 11.5 Å². The monoisotopic (exact) mass is 632 g/mol. The molecule has 1 aliphatic rings. The lowest BCUT2D eigenvalue weighted by molar-refractivity contribution is -0.0919. The molecule has 1 saturated heterocycles. The average Bonchev–Trinajstić information content (AvgIpc) is 3.46. The lowest BCUT2D eigenvalue weighted by Gasteiger charge is -2.37. The normalized spacial score (nSPS) is 18.4. The first-order chi connectivity index (χ1) is 21.9. The summed E-state index contributed by atoms with van der Waals surface area (Å²) in [6, 6.07) is 26.6. The van der Waals surface area contributed by atoms with Crippen LogP contribution in [0.1, 0.15) is 29.3 Å². The molecule has 4 aromatic rings. The third-order valence-corrected chi connectivity index (χ3v) is 8.30. The van der Waals surface area contributed by atoms with Gasteiger partial charge in [-0.25, -0.2) is 4.79 Å². The molecule has 45 heavy (non-hydrogen) atoms. The van der Waals surface area contributed by atoms with Crippen molar-refractivity contribution in [1.82, 2.24) is 9.55 Å². The van der Waals surface area contributed by atoms with Gasteiger partial charge < -0.3 is 24.7 Å². The van der Waals surface area contributed by atoms with Gasteiger partial charge in [0, 0.05) is 17.2 Å². The molecule has 234 valence electrons. The van der Waals surface area contributed by atoms with E-state index in [1.807, 2.05) is 78.9 Å². The topological polar surface area (TPSA) is 133 Å². The van der Waals surface area contributed by atoms with Gasteiger partial charge in [-0.15, -0.1) is 15.6 Å². The Labute approximate surface area is 262 Å². The summed E-state index contributed by atoms with van der Waals surface area (Å²) in [6.45, 7) is 3.61. The van der Waals surface area contributed by atoms with E-state index in [0.717, 1.165) is 16.7 Å². The van der Waals surface area contributed by atoms with Crippen molar-refractivity contribution in [3.8, 4) is 11.5 Å². The van der Waals surface area contributed by atoms with Crippen molar-refractivity contribution in [3.63, 3.8) is 0 Å². The fraction of sp³-hybridized carbons (Fsp3) is 0.273. The van der Waals surface area contributed by atoms with E-state index in [2.05, 4.69) is 11.6 Å². The second-order valence-electron chi connectivity index (χ2n) is 10.2. The van der Waals surface area contributed by atoms with E-state index in [0.29, 0.717) is 11.5 Å². The molecule has 2 N–H and O–H groups in total. The maximum atomic E-state index is 12.7. The third kappa shape index (κ3) is 7.14. The summed E-state index contributed by atoms with van der Waals surface area (Å²) in [6.07, 6.45) is 0.871. The van der Waals surface area contributed by atoms with Crippen molar-refractivity contribution in [2.45, 2.75) is 30.5 Å². The average molecular weight is 633 g/mol. The van der Waals surface area contributed by atoms with Crippen LogP contribution in [0.25, 0.3) is 0 Å². The van der Waals surface area contributed by atoms with E-state index in [4.69, 9.17) is 33.7 Å². The molecular formula is C33H35N3O8P+. The van der Waals surface area contributed by atoms with Gasteiger partial charge in [-0.3, -0.25) is 4.57 Å². The SMILES string of the molecule is C=CCO[P+](=O)O[C@H]1C[C@H](n2ccc(N)nc2=O)O[C@@H]1COC(c1ccccc1)(c1ccc(OC)cc1)c1ccc(OC)cc1. The standard InChI is InChI=1S/C33H34N3O8P/c1-4-20-42-45(38)44-28-21-31(36-19-18-30(34)35-32(36)37)43-29(28)22-41-33(23-8-6-5-7-9-23,24-10-14-26(39-2)15-11-24)25-12-16-27(40-3)17-13-25/h4-19,28-29,31H,1,20-22H2,2-3H3,(H-,34,35,37)/p+1/t28-,29+,31+/m0/s1. The minimum Gasteiger partial charge on any atom is -0.497 e. The molecule has 0 amide bonds. The van der Waals surface area contributed by atoms with Crippen molar-refractivity contribution in [2.24, 2.45) is 0 Å².